The Kier molecular flexibility index (Phi) is 9.26. The Balaban J connectivity index is 1.60. The fourth-order valence-electron chi connectivity index (χ4n) is 3.28. The molecule has 3 nitrogen and oxygen atoms in total. The molecule has 3 rings (SSSR count). The van der Waals surface area contributed by atoms with Crippen molar-refractivity contribution >= 4 is 27.5 Å². The molecule has 0 amide bonds. The van der Waals surface area contributed by atoms with E-state index in [1.165, 1.54) is 5.56 Å². The van der Waals surface area contributed by atoms with Gasteiger partial charge in [-0.05, 0) is 83.6 Å². The predicted octanol–water partition coefficient (Wildman–Crippen LogP) is 7.19. The lowest BCUT2D eigenvalue weighted by molar-refractivity contribution is 0.267. The Morgan fingerprint density at radius 1 is 0.935 bits per heavy atom. The van der Waals surface area contributed by atoms with Crippen molar-refractivity contribution in [3.8, 4) is 11.5 Å². The van der Waals surface area contributed by atoms with Crippen LogP contribution in [0.4, 0.5) is 0 Å². The van der Waals surface area contributed by atoms with Gasteiger partial charge in [-0.15, -0.1) is 0 Å². The first-order valence-corrected chi connectivity index (χ1v) is 11.8. The largest absolute Gasteiger partial charge is 0.490 e. The van der Waals surface area contributed by atoms with Crippen LogP contribution in [0.25, 0.3) is 0 Å². The molecule has 0 spiro atoms. The van der Waals surface area contributed by atoms with Crippen LogP contribution in [0.5, 0.6) is 11.5 Å². The lowest BCUT2D eigenvalue weighted by Crippen LogP contribution is -2.26. The molecule has 0 heterocycles. The SMILES string of the molecule is CCOc1cc(CN[C@@H](C)CCc2ccccc2)cc(Br)c1OCc1ccc(Cl)cc1. The summed E-state index contributed by atoms with van der Waals surface area (Å²) < 4.78 is 12.8. The minimum absolute atomic E-state index is 0.412. The van der Waals surface area contributed by atoms with Crippen LogP contribution in [-0.2, 0) is 19.6 Å². The average Bonchev–Trinajstić information content (AvgIpc) is 2.78. The highest BCUT2D eigenvalue weighted by molar-refractivity contribution is 9.10. The van der Waals surface area contributed by atoms with E-state index in [9.17, 15) is 0 Å². The molecule has 1 N–H and O–H groups in total. The normalized spacial score (nSPS) is 11.9. The van der Waals surface area contributed by atoms with E-state index in [2.05, 4.69) is 70.6 Å². The van der Waals surface area contributed by atoms with E-state index in [4.69, 9.17) is 21.1 Å². The zero-order chi connectivity index (χ0) is 22.1. The Morgan fingerprint density at radius 2 is 1.68 bits per heavy atom. The molecule has 0 saturated heterocycles. The van der Waals surface area contributed by atoms with Gasteiger partial charge in [-0.3, -0.25) is 0 Å². The van der Waals surface area contributed by atoms with Gasteiger partial charge in [-0.1, -0.05) is 54.1 Å². The van der Waals surface area contributed by atoms with Crippen molar-refractivity contribution in [1.29, 1.82) is 0 Å². The van der Waals surface area contributed by atoms with Crippen molar-refractivity contribution in [2.45, 2.75) is 45.9 Å². The number of nitrogens with one attached hydrogen (secondary N) is 1. The van der Waals surface area contributed by atoms with E-state index in [0.717, 1.165) is 51.5 Å². The molecule has 5 heteroatoms. The van der Waals surface area contributed by atoms with Crippen LogP contribution in [0.15, 0.2) is 71.2 Å². The van der Waals surface area contributed by atoms with Crippen LogP contribution in [0, 0.1) is 0 Å². The highest BCUT2D eigenvalue weighted by atomic mass is 79.9. The predicted molar refractivity (Wildman–Crippen MR) is 132 cm³/mol. The molecular weight excluding hydrogens is 474 g/mol. The molecule has 31 heavy (non-hydrogen) atoms. The van der Waals surface area contributed by atoms with Crippen LogP contribution in [0.1, 0.15) is 37.0 Å². The molecule has 0 saturated carbocycles. The quantitative estimate of drug-likeness (QED) is 0.301. The van der Waals surface area contributed by atoms with Gasteiger partial charge in [-0.25, -0.2) is 0 Å². The lowest BCUT2D eigenvalue weighted by atomic mass is 10.1. The first-order chi connectivity index (χ1) is 15.0. The summed E-state index contributed by atoms with van der Waals surface area (Å²) in [6, 6.07) is 22.8. The molecule has 0 bridgehead atoms. The average molecular weight is 503 g/mol. The molecule has 1 atom stereocenters. The molecule has 0 unspecified atom stereocenters. The van der Waals surface area contributed by atoms with Gasteiger partial charge in [0.25, 0.3) is 0 Å². The third-order valence-corrected chi connectivity index (χ3v) is 5.87. The smallest absolute Gasteiger partial charge is 0.175 e. The summed E-state index contributed by atoms with van der Waals surface area (Å²) >= 11 is 9.63. The molecule has 0 aliphatic carbocycles. The zero-order valence-electron chi connectivity index (χ0n) is 18.0. The number of benzene rings is 3. The summed E-state index contributed by atoms with van der Waals surface area (Å²) in [5, 5.41) is 4.34. The van der Waals surface area contributed by atoms with Gasteiger partial charge in [0.1, 0.15) is 6.61 Å². The van der Waals surface area contributed by atoms with Crippen LogP contribution < -0.4 is 14.8 Å². The van der Waals surface area contributed by atoms with E-state index in [1.54, 1.807) is 0 Å². The second-order valence-electron chi connectivity index (χ2n) is 7.56. The maximum atomic E-state index is 6.08. The highest BCUT2D eigenvalue weighted by Crippen LogP contribution is 2.37. The Labute approximate surface area is 198 Å². The second-order valence-corrected chi connectivity index (χ2v) is 8.85. The van der Waals surface area contributed by atoms with Gasteiger partial charge in [0, 0.05) is 17.6 Å². The lowest BCUT2D eigenvalue weighted by Gasteiger charge is -2.18. The van der Waals surface area contributed by atoms with Crippen molar-refractivity contribution in [3.05, 3.63) is 92.9 Å². The summed E-state index contributed by atoms with van der Waals surface area (Å²) in [5.74, 6) is 1.47. The van der Waals surface area contributed by atoms with Gasteiger partial charge in [0.15, 0.2) is 11.5 Å². The maximum absolute atomic E-state index is 6.08. The van der Waals surface area contributed by atoms with Gasteiger partial charge in [0.2, 0.25) is 0 Å². The van der Waals surface area contributed by atoms with E-state index >= 15 is 0 Å². The van der Waals surface area contributed by atoms with Crippen LogP contribution in [0.3, 0.4) is 0 Å². The molecule has 0 radical (unpaired) electrons. The van der Waals surface area contributed by atoms with Crippen molar-refractivity contribution in [2.75, 3.05) is 6.61 Å². The summed E-state index contributed by atoms with van der Waals surface area (Å²) in [6.07, 6.45) is 2.16. The Hall–Kier alpha value is -2.01. The number of halogens is 2. The number of hydrogen-bond acceptors (Lipinski definition) is 3. The third kappa shape index (κ3) is 7.57. The summed E-state index contributed by atoms with van der Waals surface area (Å²) in [6.45, 7) is 6.00. The van der Waals surface area contributed by atoms with E-state index in [1.807, 2.05) is 31.2 Å². The third-order valence-electron chi connectivity index (χ3n) is 5.03. The molecule has 0 aliphatic rings. The fraction of sp³-hybridized carbons (Fsp3) is 0.308. The number of aryl methyl sites for hydroxylation is 1. The minimum atomic E-state index is 0.412. The van der Waals surface area contributed by atoms with E-state index in [0.29, 0.717) is 19.3 Å². The molecule has 3 aromatic carbocycles. The molecular formula is C26H29BrClNO2. The zero-order valence-corrected chi connectivity index (χ0v) is 20.4. The molecule has 0 aromatic heterocycles. The summed E-state index contributed by atoms with van der Waals surface area (Å²) in [7, 11) is 0. The summed E-state index contributed by atoms with van der Waals surface area (Å²) in [5.41, 5.74) is 3.58. The Bertz CT molecular complexity index is 948. The van der Waals surface area contributed by atoms with Crippen molar-refractivity contribution in [2.24, 2.45) is 0 Å². The second kappa shape index (κ2) is 12.1. The van der Waals surface area contributed by atoms with Crippen molar-refractivity contribution < 1.29 is 9.47 Å². The van der Waals surface area contributed by atoms with Gasteiger partial charge in [-0.2, -0.15) is 0 Å². The number of rotatable bonds is 11. The highest BCUT2D eigenvalue weighted by Gasteiger charge is 2.13. The Morgan fingerprint density at radius 3 is 2.39 bits per heavy atom. The van der Waals surface area contributed by atoms with E-state index in [-0.39, 0.29) is 0 Å². The molecule has 164 valence electrons. The van der Waals surface area contributed by atoms with Gasteiger partial charge in [0.05, 0.1) is 11.1 Å². The standard InChI is InChI=1S/C26H29BrClNO2/c1-3-30-25-16-22(17-29-19(2)9-10-20-7-5-4-6-8-20)15-24(27)26(25)31-18-21-11-13-23(28)14-12-21/h4-8,11-16,19,29H,3,9-10,17-18H2,1-2H3/t19-/m0/s1. The minimum Gasteiger partial charge on any atom is -0.490 e. The van der Waals surface area contributed by atoms with Crippen LogP contribution >= 0.6 is 27.5 Å². The molecule has 0 fully saturated rings. The van der Waals surface area contributed by atoms with E-state index < -0.39 is 0 Å². The van der Waals surface area contributed by atoms with Crippen molar-refractivity contribution in [1.82, 2.24) is 5.32 Å². The number of ether oxygens (including phenoxy) is 2. The first-order valence-electron chi connectivity index (χ1n) is 10.6. The fourth-order valence-corrected chi connectivity index (χ4v) is 4.01. The maximum Gasteiger partial charge on any atom is 0.175 e. The van der Waals surface area contributed by atoms with Crippen LogP contribution in [-0.4, -0.2) is 12.6 Å². The first kappa shape index (κ1) is 23.6. The molecule has 3 aromatic rings. The van der Waals surface area contributed by atoms with Crippen LogP contribution in [0.2, 0.25) is 5.02 Å². The monoisotopic (exact) mass is 501 g/mol. The summed E-state index contributed by atoms with van der Waals surface area (Å²) in [4.78, 5) is 0. The van der Waals surface area contributed by atoms with Gasteiger partial charge >= 0.3 is 0 Å². The van der Waals surface area contributed by atoms with Gasteiger partial charge < -0.3 is 14.8 Å². The number of hydrogen-bond donors (Lipinski definition) is 1. The molecule has 0 aliphatic heterocycles. The van der Waals surface area contributed by atoms with Crippen molar-refractivity contribution in [3.63, 3.8) is 0 Å². The topological polar surface area (TPSA) is 30.5 Å².